The Morgan fingerprint density at radius 2 is 1.93 bits per heavy atom. The van der Waals surface area contributed by atoms with Crippen molar-refractivity contribution in [3.63, 3.8) is 0 Å². The van der Waals surface area contributed by atoms with E-state index in [4.69, 9.17) is 10.5 Å². The van der Waals surface area contributed by atoms with Crippen LogP contribution in [0.1, 0.15) is 38.2 Å². The Bertz CT molecular complexity index is 607. The van der Waals surface area contributed by atoms with Gasteiger partial charge in [-0.25, -0.2) is 0 Å². The summed E-state index contributed by atoms with van der Waals surface area (Å²) in [7, 11) is 3.96. The van der Waals surface area contributed by atoms with Gasteiger partial charge in [-0.1, -0.05) is 31.9 Å². The van der Waals surface area contributed by atoms with Crippen LogP contribution >= 0.6 is 0 Å². The van der Waals surface area contributed by atoms with Gasteiger partial charge in [0.25, 0.3) is 5.91 Å². The number of primary amides is 1. The third-order valence-electron chi connectivity index (χ3n) is 5.24. The fraction of sp³-hybridized carbons (Fsp3) is 0.619. The minimum atomic E-state index is -0.471. The maximum atomic E-state index is 10.7. The van der Waals surface area contributed by atoms with Crippen molar-refractivity contribution in [3.8, 4) is 5.75 Å². The highest BCUT2D eigenvalue weighted by molar-refractivity contribution is 5.79. The number of benzene rings is 1. The smallest absolute Gasteiger partial charge is 0.255 e. The maximum absolute atomic E-state index is 10.7. The fourth-order valence-corrected chi connectivity index (χ4v) is 3.60. The Labute approximate surface area is 163 Å². The van der Waals surface area contributed by atoms with Crippen molar-refractivity contribution in [2.75, 3.05) is 33.8 Å². The van der Waals surface area contributed by atoms with Gasteiger partial charge in [-0.15, -0.1) is 0 Å². The third-order valence-corrected chi connectivity index (χ3v) is 5.24. The molecule has 0 bridgehead atoms. The molecule has 1 amide bonds. The van der Waals surface area contributed by atoms with Crippen molar-refractivity contribution in [2.45, 2.75) is 39.0 Å². The molecule has 0 spiro atoms. The van der Waals surface area contributed by atoms with Crippen molar-refractivity contribution in [3.05, 3.63) is 29.8 Å². The molecule has 1 aromatic rings. The molecule has 1 fully saturated rings. The molecule has 0 aromatic heterocycles. The van der Waals surface area contributed by atoms with Crippen molar-refractivity contribution in [2.24, 2.45) is 22.6 Å². The molecule has 0 heterocycles. The van der Waals surface area contributed by atoms with E-state index in [1.54, 1.807) is 0 Å². The van der Waals surface area contributed by atoms with E-state index in [1.807, 2.05) is 31.3 Å². The van der Waals surface area contributed by atoms with Crippen LogP contribution < -0.4 is 15.8 Å². The highest BCUT2D eigenvalue weighted by atomic mass is 16.5. The number of amides is 1. The molecule has 150 valence electrons. The topological polar surface area (TPSA) is 80.0 Å². The zero-order valence-electron chi connectivity index (χ0n) is 16.9. The van der Waals surface area contributed by atoms with E-state index >= 15 is 0 Å². The summed E-state index contributed by atoms with van der Waals surface area (Å²) in [4.78, 5) is 17.4. The van der Waals surface area contributed by atoms with Gasteiger partial charge in [0.05, 0.1) is 0 Å². The molecule has 0 radical (unpaired) electrons. The van der Waals surface area contributed by atoms with Crippen LogP contribution in [-0.4, -0.2) is 50.6 Å². The summed E-state index contributed by atoms with van der Waals surface area (Å²) in [5.74, 6) is 2.80. The molecule has 0 aliphatic heterocycles. The van der Waals surface area contributed by atoms with Crippen molar-refractivity contribution < 1.29 is 9.53 Å². The second-order valence-corrected chi connectivity index (χ2v) is 7.63. The number of nitrogens with one attached hydrogen (secondary N) is 1. The van der Waals surface area contributed by atoms with Gasteiger partial charge in [0.2, 0.25) is 0 Å². The number of carbonyl (C=O) groups is 1. The highest BCUT2D eigenvalue weighted by Crippen LogP contribution is 2.28. The van der Waals surface area contributed by atoms with Crippen LogP contribution in [0, 0.1) is 11.8 Å². The molecule has 0 atom stereocenters. The number of carbonyl (C=O) groups excluding carboxylic acids is 1. The van der Waals surface area contributed by atoms with Gasteiger partial charge in [-0.3, -0.25) is 9.79 Å². The first-order valence-electron chi connectivity index (χ1n) is 9.89. The molecule has 1 aliphatic rings. The molecule has 1 aromatic carbocycles. The van der Waals surface area contributed by atoms with E-state index in [9.17, 15) is 4.79 Å². The van der Waals surface area contributed by atoms with Crippen LogP contribution in [0.2, 0.25) is 0 Å². The zero-order chi connectivity index (χ0) is 19.6. The first-order valence-corrected chi connectivity index (χ1v) is 9.89. The van der Waals surface area contributed by atoms with Gasteiger partial charge in [0.15, 0.2) is 12.6 Å². The number of hydrogen-bond acceptors (Lipinski definition) is 3. The highest BCUT2D eigenvalue weighted by Gasteiger charge is 2.20. The normalized spacial score (nSPS) is 20.2. The fourth-order valence-electron chi connectivity index (χ4n) is 3.60. The lowest BCUT2D eigenvalue weighted by Gasteiger charge is -2.31. The molecule has 3 N–H and O–H groups in total. The quantitative estimate of drug-likeness (QED) is 0.541. The maximum Gasteiger partial charge on any atom is 0.255 e. The summed E-state index contributed by atoms with van der Waals surface area (Å²) in [6, 6.07) is 7.74. The average molecular weight is 375 g/mol. The minimum absolute atomic E-state index is 0.0938. The summed E-state index contributed by atoms with van der Waals surface area (Å²) in [5.41, 5.74) is 6.28. The number of aliphatic imine (C=N–C) groups is 1. The zero-order valence-corrected chi connectivity index (χ0v) is 16.9. The Morgan fingerprint density at radius 1 is 1.26 bits per heavy atom. The molecular weight excluding hydrogens is 340 g/mol. The van der Waals surface area contributed by atoms with Crippen LogP contribution in [0.15, 0.2) is 29.3 Å². The Hall–Kier alpha value is -2.24. The van der Waals surface area contributed by atoms with Gasteiger partial charge in [0, 0.05) is 27.2 Å². The van der Waals surface area contributed by atoms with Crippen LogP contribution in [0.5, 0.6) is 5.75 Å². The molecule has 1 aliphatic carbocycles. The number of nitrogens with zero attached hydrogens (tertiary/aromatic N) is 2. The van der Waals surface area contributed by atoms with Crippen LogP contribution in [0.3, 0.4) is 0 Å². The first-order chi connectivity index (χ1) is 13.0. The predicted molar refractivity (Wildman–Crippen MR) is 110 cm³/mol. The van der Waals surface area contributed by atoms with Crippen molar-refractivity contribution in [1.29, 1.82) is 0 Å². The Balaban J connectivity index is 1.73. The van der Waals surface area contributed by atoms with E-state index in [1.165, 1.54) is 31.2 Å². The van der Waals surface area contributed by atoms with E-state index in [2.05, 4.69) is 29.2 Å². The molecule has 0 saturated heterocycles. The van der Waals surface area contributed by atoms with Crippen LogP contribution in [-0.2, 0) is 11.2 Å². The van der Waals surface area contributed by atoms with Gasteiger partial charge < -0.3 is 20.7 Å². The molecule has 1 saturated carbocycles. The molecule has 0 unspecified atom stereocenters. The van der Waals surface area contributed by atoms with E-state index < -0.39 is 5.91 Å². The van der Waals surface area contributed by atoms with E-state index in [0.29, 0.717) is 5.75 Å². The molecule has 6 heteroatoms. The second-order valence-electron chi connectivity index (χ2n) is 7.63. The molecule has 27 heavy (non-hydrogen) atoms. The van der Waals surface area contributed by atoms with E-state index in [0.717, 1.165) is 37.3 Å². The number of guanidine groups is 1. The molecular formula is C21H34N4O2. The summed E-state index contributed by atoms with van der Waals surface area (Å²) in [5, 5.41) is 3.45. The number of hydrogen-bond donors (Lipinski definition) is 2. The SMILES string of the molecule is CN=C(NCCc1ccc(OCC(N)=O)cc1)N(C)CC1CCC(C)CC1. The average Bonchev–Trinajstić information content (AvgIpc) is 2.66. The Morgan fingerprint density at radius 3 is 2.52 bits per heavy atom. The summed E-state index contributed by atoms with van der Waals surface area (Å²) < 4.78 is 5.28. The monoisotopic (exact) mass is 374 g/mol. The third kappa shape index (κ3) is 7.49. The lowest BCUT2D eigenvalue weighted by Crippen LogP contribution is -2.42. The van der Waals surface area contributed by atoms with Gasteiger partial charge in [-0.05, 0) is 48.8 Å². The standard InChI is InChI=1S/C21H34N4O2/c1-16-4-6-18(7-5-16)14-25(3)21(23-2)24-13-12-17-8-10-19(11-9-17)27-15-20(22)26/h8-11,16,18H,4-7,12-15H2,1-3H3,(H2,22,26)(H,23,24). The number of rotatable bonds is 8. The summed E-state index contributed by atoms with van der Waals surface area (Å²) in [6.45, 7) is 4.15. The van der Waals surface area contributed by atoms with Gasteiger partial charge in [0.1, 0.15) is 5.75 Å². The first kappa shape index (κ1) is 21.1. The van der Waals surface area contributed by atoms with Gasteiger partial charge in [-0.2, -0.15) is 0 Å². The lowest BCUT2D eigenvalue weighted by molar-refractivity contribution is -0.119. The second kappa shape index (κ2) is 10.8. The summed E-state index contributed by atoms with van der Waals surface area (Å²) in [6.07, 6.45) is 6.25. The van der Waals surface area contributed by atoms with Crippen molar-refractivity contribution >= 4 is 11.9 Å². The number of ether oxygens (including phenoxy) is 1. The number of nitrogens with two attached hydrogens (primary N) is 1. The van der Waals surface area contributed by atoms with E-state index in [-0.39, 0.29) is 6.61 Å². The Kier molecular flexibility index (Phi) is 8.43. The predicted octanol–water partition coefficient (Wildman–Crippen LogP) is 2.43. The summed E-state index contributed by atoms with van der Waals surface area (Å²) >= 11 is 0. The molecule has 6 nitrogen and oxygen atoms in total. The minimum Gasteiger partial charge on any atom is -0.484 e. The van der Waals surface area contributed by atoms with Gasteiger partial charge >= 0.3 is 0 Å². The van der Waals surface area contributed by atoms with Crippen LogP contribution in [0.25, 0.3) is 0 Å². The molecule has 2 rings (SSSR count). The van der Waals surface area contributed by atoms with Crippen LogP contribution in [0.4, 0.5) is 0 Å². The largest absolute Gasteiger partial charge is 0.484 e. The van der Waals surface area contributed by atoms with Crippen molar-refractivity contribution in [1.82, 2.24) is 10.2 Å². The lowest BCUT2D eigenvalue weighted by atomic mass is 9.83.